The molecule has 0 aliphatic carbocycles. The van der Waals surface area contributed by atoms with Gasteiger partial charge in [0.1, 0.15) is 0 Å². The summed E-state index contributed by atoms with van der Waals surface area (Å²) >= 11 is 6.00. The third-order valence-electron chi connectivity index (χ3n) is 3.00. The highest BCUT2D eigenvalue weighted by molar-refractivity contribution is 6.30. The zero-order chi connectivity index (χ0) is 13.5. The van der Waals surface area contributed by atoms with Crippen molar-refractivity contribution in [3.05, 3.63) is 34.9 Å². The maximum absolute atomic E-state index is 6.00. The first kappa shape index (κ1) is 15.5. The Morgan fingerprint density at radius 3 is 2.17 bits per heavy atom. The van der Waals surface area contributed by atoms with Crippen LogP contribution in [0.15, 0.2) is 24.3 Å². The standard InChI is InChI=1S/C16H26ClN/c1-12(2)8-16(9-13(3)4)18-11-14-6-5-7-15(17)10-14/h5-7,10,12-13,16,18H,8-9,11H2,1-4H3. The molecule has 2 heteroatoms. The van der Waals surface area contributed by atoms with E-state index in [1.54, 1.807) is 0 Å². The van der Waals surface area contributed by atoms with Crippen molar-refractivity contribution < 1.29 is 0 Å². The molecule has 102 valence electrons. The first-order valence-electron chi connectivity index (χ1n) is 6.95. The molecular formula is C16H26ClN. The highest BCUT2D eigenvalue weighted by Crippen LogP contribution is 2.15. The van der Waals surface area contributed by atoms with Crippen molar-refractivity contribution in [3.63, 3.8) is 0 Å². The van der Waals surface area contributed by atoms with Crippen LogP contribution in [0.25, 0.3) is 0 Å². The summed E-state index contributed by atoms with van der Waals surface area (Å²) < 4.78 is 0. The van der Waals surface area contributed by atoms with Gasteiger partial charge < -0.3 is 5.32 Å². The Morgan fingerprint density at radius 2 is 1.67 bits per heavy atom. The second-order valence-electron chi connectivity index (χ2n) is 5.97. The summed E-state index contributed by atoms with van der Waals surface area (Å²) in [7, 11) is 0. The minimum absolute atomic E-state index is 0.601. The van der Waals surface area contributed by atoms with Crippen molar-refractivity contribution in [2.75, 3.05) is 0 Å². The summed E-state index contributed by atoms with van der Waals surface area (Å²) in [5.41, 5.74) is 1.26. The maximum atomic E-state index is 6.00. The van der Waals surface area contributed by atoms with E-state index in [1.165, 1.54) is 18.4 Å². The minimum Gasteiger partial charge on any atom is -0.310 e. The van der Waals surface area contributed by atoms with Gasteiger partial charge in [0.15, 0.2) is 0 Å². The van der Waals surface area contributed by atoms with Gasteiger partial charge in [-0.25, -0.2) is 0 Å². The van der Waals surface area contributed by atoms with Crippen LogP contribution in [0.5, 0.6) is 0 Å². The normalized spacial score (nSPS) is 11.8. The predicted molar refractivity (Wildman–Crippen MR) is 81.0 cm³/mol. The predicted octanol–water partition coefficient (Wildman–Crippen LogP) is 4.89. The van der Waals surface area contributed by atoms with Crippen LogP contribution < -0.4 is 5.32 Å². The Balaban J connectivity index is 2.50. The van der Waals surface area contributed by atoms with E-state index in [4.69, 9.17) is 11.6 Å². The van der Waals surface area contributed by atoms with Gasteiger partial charge in [-0.15, -0.1) is 0 Å². The van der Waals surface area contributed by atoms with Crippen LogP contribution >= 0.6 is 11.6 Å². The van der Waals surface area contributed by atoms with Crippen LogP contribution in [-0.2, 0) is 6.54 Å². The lowest BCUT2D eigenvalue weighted by molar-refractivity contribution is 0.358. The second-order valence-corrected chi connectivity index (χ2v) is 6.40. The van der Waals surface area contributed by atoms with E-state index >= 15 is 0 Å². The molecule has 0 radical (unpaired) electrons. The molecule has 1 aromatic rings. The molecule has 0 fully saturated rings. The summed E-state index contributed by atoms with van der Waals surface area (Å²) in [5.74, 6) is 1.47. The van der Waals surface area contributed by atoms with Gasteiger partial charge in [0.05, 0.1) is 0 Å². The van der Waals surface area contributed by atoms with Crippen LogP contribution in [0.3, 0.4) is 0 Å². The number of hydrogen-bond donors (Lipinski definition) is 1. The molecule has 0 heterocycles. The van der Waals surface area contributed by atoms with Crippen molar-refractivity contribution in [1.29, 1.82) is 0 Å². The average molecular weight is 268 g/mol. The molecule has 1 rings (SSSR count). The molecule has 1 aromatic carbocycles. The van der Waals surface area contributed by atoms with Crippen LogP contribution in [0.1, 0.15) is 46.1 Å². The summed E-state index contributed by atoms with van der Waals surface area (Å²) in [6.07, 6.45) is 2.47. The molecule has 1 nitrogen and oxygen atoms in total. The number of rotatable bonds is 7. The van der Waals surface area contributed by atoms with E-state index in [0.29, 0.717) is 6.04 Å². The summed E-state index contributed by atoms with van der Waals surface area (Å²) in [4.78, 5) is 0. The molecule has 1 N–H and O–H groups in total. The molecule has 0 atom stereocenters. The van der Waals surface area contributed by atoms with E-state index in [2.05, 4.69) is 39.1 Å². The molecular weight excluding hydrogens is 242 g/mol. The molecule has 0 aliphatic heterocycles. The summed E-state index contributed by atoms with van der Waals surface area (Å²) in [5, 5.41) is 4.49. The first-order valence-corrected chi connectivity index (χ1v) is 7.33. The fourth-order valence-corrected chi connectivity index (χ4v) is 2.52. The van der Waals surface area contributed by atoms with E-state index in [0.717, 1.165) is 23.4 Å². The Morgan fingerprint density at radius 1 is 1.06 bits per heavy atom. The minimum atomic E-state index is 0.601. The fourth-order valence-electron chi connectivity index (χ4n) is 2.31. The lowest BCUT2D eigenvalue weighted by atomic mass is 9.95. The van der Waals surface area contributed by atoms with Crippen molar-refractivity contribution in [1.82, 2.24) is 5.32 Å². The van der Waals surface area contributed by atoms with Crippen LogP contribution in [-0.4, -0.2) is 6.04 Å². The zero-order valence-electron chi connectivity index (χ0n) is 12.0. The molecule has 0 aliphatic rings. The quantitative estimate of drug-likeness (QED) is 0.742. The number of hydrogen-bond acceptors (Lipinski definition) is 1. The third-order valence-corrected chi connectivity index (χ3v) is 3.23. The summed E-state index contributed by atoms with van der Waals surface area (Å²) in [6, 6.07) is 8.70. The van der Waals surface area contributed by atoms with Gasteiger partial charge >= 0.3 is 0 Å². The van der Waals surface area contributed by atoms with Gasteiger partial charge in [-0.2, -0.15) is 0 Å². The molecule has 0 saturated carbocycles. The Labute approximate surface area is 117 Å². The SMILES string of the molecule is CC(C)CC(CC(C)C)NCc1cccc(Cl)c1. The maximum Gasteiger partial charge on any atom is 0.0409 e. The van der Waals surface area contributed by atoms with Gasteiger partial charge in [0.25, 0.3) is 0 Å². The smallest absolute Gasteiger partial charge is 0.0409 e. The van der Waals surface area contributed by atoms with Gasteiger partial charge in [0.2, 0.25) is 0 Å². The Hall–Kier alpha value is -0.530. The highest BCUT2D eigenvalue weighted by Gasteiger charge is 2.12. The largest absolute Gasteiger partial charge is 0.310 e. The molecule has 0 amide bonds. The molecule has 0 spiro atoms. The molecule has 0 saturated heterocycles. The lowest BCUT2D eigenvalue weighted by Gasteiger charge is -2.22. The molecule has 0 bridgehead atoms. The van der Waals surface area contributed by atoms with Crippen molar-refractivity contribution in [2.45, 2.75) is 53.1 Å². The van der Waals surface area contributed by atoms with Crippen LogP contribution in [0.2, 0.25) is 5.02 Å². The molecule has 18 heavy (non-hydrogen) atoms. The number of halogens is 1. The van der Waals surface area contributed by atoms with Gasteiger partial charge in [-0.05, 0) is 42.4 Å². The third kappa shape index (κ3) is 6.42. The van der Waals surface area contributed by atoms with Crippen LogP contribution in [0, 0.1) is 11.8 Å². The monoisotopic (exact) mass is 267 g/mol. The molecule has 0 aromatic heterocycles. The van der Waals surface area contributed by atoms with Crippen molar-refractivity contribution in [3.8, 4) is 0 Å². The van der Waals surface area contributed by atoms with Gasteiger partial charge in [-0.1, -0.05) is 51.4 Å². The fraction of sp³-hybridized carbons (Fsp3) is 0.625. The highest BCUT2D eigenvalue weighted by atomic mass is 35.5. The average Bonchev–Trinajstić information content (AvgIpc) is 2.24. The summed E-state index contributed by atoms with van der Waals surface area (Å²) in [6.45, 7) is 10.1. The Bertz CT molecular complexity index is 337. The number of nitrogens with one attached hydrogen (secondary N) is 1. The topological polar surface area (TPSA) is 12.0 Å². The first-order chi connectivity index (χ1) is 8.47. The van der Waals surface area contributed by atoms with Gasteiger partial charge in [-0.3, -0.25) is 0 Å². The van der Waals surface area contributed by atoms with Crippen molar-refractivity contribution >= 4 is 11.6 Å². The number of benzene rings is 1. The van der Waals surface area contributed by atoms with Crippen molar-refractivity contribution in [2.24, 2.45) is 11.8 Å². The van der Waals surface area contributed by atoms with E-state index in [1.807, 2.05) is 18.2 Å². The van der Waals surface area contributed by atoms with Crippen LogP contribution in [0.4, 0.5) is 0 Å². The van der Waals surface area contributed by atoms with Gasteiger partial charge in [0, 0.05) is 17.6 Å². The Kier molecular flexibility index (Phi) is 6.73. The van der Waals surface area contributed by atoms with E-state index in [9.17, 15) is 0 Å². The zero-order valence-corrected chi connectivity index (χ0v) is 12.8. The molecule has 0 unspecified atom stereocenters. The lowest BCUT2D eigenvalue weighted by Crippen LogP contribution is -2.31. The van der Waals surface area contributed by atoms with E-state index < -0.39 is 0 Å². The van der Waals surface area contributed by atoms with E-state index in [-0.39, 0.29) is 0 Å². The second kappa shape index (κ2) is 7.81.